The number of halogens is 1. The Hall–Kier alpha value is -1.75. The van der Waals surface area contributed by atoms with E-state index >= 15 is 0 Å². The minimum Gasteiger partial charge on any atom is -0.389 e. The lowest BCUT2D eigenvalue weighted by Crippen LogP contribution is -2.15. The summed E-state index contributed by atoms with van der Waals surface area (Å²) in [6.07, 6.45) is 3.31. The summed E-state index contributed by atoms with van der Waals surface area (Å²) in [6, 6.07) is 6.37. The Balaban J connectivity index is 2.66. The van der Waals surface area contributed by atoms with Crippen molar-refractivity contribution in [2.75, 3.05) is 0 Å². The van der Waals surface area contributed by atoms with E-state index in [0.29, 0.717) is 5.69 Å². The van der Waals surface area contributed by atoms with Crippen LogP contribution in [0.25, 0.3) is 5.69 Å². The van der Waals surface area contributed by atoms with Gasteiger partial charge in [-0.2, -0.15) is 5.10 Å². The lowest BCUT2D eigenvalue weighted by Gasteiger charge is -2.08. The molecule has 0 bridgehead atoms. The topological polar surface area (TPSA) is 43.8 Å². The summed E-state index contributed by atoms with van der Waals surface area (Å²) in [5, 5.41) is 4.01. The predicted molar refractivity (Wildman–Crippen MR) is 59.4 cm³/mol. The lowest BCUT2D eigenvalue weighted by molar-refractivity contribution is 0.623. The van der Waals surface area contributed by atoms with Gasteiger partial charge in [-0.25, -0.2) is 9.07 Å². The van der Waals surface area contributed by atoms with Crippen LogP contribution in [0.15, 0.2) is 36.7 Å². The molecule has 1 aromatic heterocycles. The van der Waals surface area contributed by atoms with E-state index in [-0.39, 0.29) is 10.6 Å². The highest BCUT2D eigenvalue weighted by Crippen LogP contribution is 2.16. The number of hydrogen-bond acceptors (Lipinski definition) is 2. The molecule has 0 aliphatic heterocycles. The van der Waals surface area contributed by atoms with Crippen molar-refractivity contribution in [1.29, 1.82) is 0 Å². The molecule has 0 atom stereocenters. The average molecular weight is 221 g/mol. The molecule has 0 unspecified atom stereocenters. The predicted octanol–water partition coefficient (Wildman–Crippen LogP) is 1.65. The maximum absolute atomic E-state index is 13.5. The fourth-order valence-corrected chi connectivity index (χ4v) is 1.56. The van der Waals surface area contributed by atoms with Crippen LogP contribution < -0.4 is 5.73 Å². The fraction of sp³-hybridized carbons (Fsp3) is 0. The van der Waals surface area contributed by atoms with Crippen LogP contribution in [0.5, 0.6) is 0 Å². The Morgan fingerprint density at radius 1 is 1.40 bits per heavy atom. The summed E-state index contributed by atoms with van der Waals surface area (Å²) >= 11 is 4.81. The number of aromatic nitrogens is 2. The zero-order valence-electron chi connectivity index (χ0n) is 7.72. The van der Waals surface area contributed by atoms with E-state index in [0.717, 1.165) is 0 Å². The number of nitrogens with zero attached hydrogens (tertiary/aromatic N) is 2. The first-order valence-electron chi connectivity index (χ1n) is 4.28. The Kier molecular flexibility index (Phi) is 2.47. The minimum atomic E-state index is -0.435. The molecule has 0 radical (unpaired) electrons. The SMILES string of the molecule is NC(=S)c1c(F)cccc1-n1cccn1. The van der Waals surface area contributed by atoms with Gasteiger partial charge in [0.2, 0.25) is 0 Å². The first kappa shape index (κ1) is 9.79. The summed E-state index contributed by atoms with van der Waals surface area (Å²) < 4.78 is 15.0. The second kappa shape index (κ2) is 3.78. The van der Waals surface area contributed by atoms with Crippen LogP contribution >= 0.6 is 12.2 Å². The first-order valence-corrected chi connectivity index (χ1v) is 4.69. The maximum Gasteiger partial charge on any atom is 0.135 e. The molecule has 0 saturated heterocycles. The van der Waals surface area contributed by atoms with Gasteiger partial charge in [-0.15, -0.1) is 0 Å². The van der Waals surface area contributed by atoms with Gasteiger partial charge in [0.25, 0.3) is 0 Å². The molecule has 0 aliphatic rings. The van der Waals surface area contributed by atoms with Gasteiger partial charge in [-0.05, 0) is 18.2 Å². The van der Waals surface area contributed by atoms with Gasteiger partial charge in [0, 0.05) is 12.4 Å². The van der Waals surface area contributed by atoms with Gasteiger partial charge in [0.15, 0.2) is 0 Å². The van der Waals surface area contributed by atoms with Gasteiger partial charge >= 0.3 is 0 Å². The zero-order chi connectivity index (χ0) is 10.8. The largest absolute Gasteiger partial charge is 0.389 e. The smallest absolute Gasteiger partial charge is 0.135 e. The van der Waals surface area contributed by atoms with Crippen LogP contribution in [-0.4, -0.2) is 14.8 Å². The third-order valence-corrected chi connectivity index (χ3v) is 2.19. The molecular formula is C10H8FN3S. The van der Waals surface area contributed by atoms with E-state index in [1.807, 2.05) is 0 Å². The molecular weight excluding hydrogens is 213 g/mol. The third kappa shape index (κ3) is 1.73. The number of nitrogens with two attached hydrogens (primary N) is 1. The van der Waals surface area contributed by atoms with Crippen LogP contribution in [0, 0.1) is 5.82 Å². The van der Waals surface area contributed by atoms with Crippen LogP contribution in [-0.2, 0) is 0 Å². The Bertz CT molecular complexity index is 493. The molecule has 0 aliphatic carbocycles. The molecule has 1 aromatic carbocycles. The molecule has 0 amide bonds. The van der Waals surface area contributed by atoms with Gasteiger partial charge in [-0.3, -0.25) is 0 Å². The van der Waals surface area contributed by atoms with E-state index in [4.69, 9.17) is 18.0 Å². The summed E-state index contributed by atoms with van der Waals surface area (Å²) in [7, 11) is 0. The van der Waals surface area contributed by atoms with Crippen molar-refractivity contribution >= 4 is 17.2 Å². The second-order valence-electron chi connectivity index (χ2n) is 2.95. The molecule has 76 valence electrons. The highest BCUT2D eigenvalue weighted by molar-refractivity contribution is 7.80. The van der Waals surface area contributed by atoms with Crippen LogP contribution in [0.2, 0.25) is 0 Å². The molecule has 2 aromatic rings. The van der Waals surface area contributed by atoms with E-state index in [9.17, 15) is 4.39 Å². The molecule has 0 fully saturated rings. The molecule has 5 heteroatoms. The second-order valence-corrected chi connectivity index (χ2v) is 3.39. The van der Waals surface area contributed by atoms with Crippen molar-refractivity contribution in [2.24, 2.45) is 5.73 Å². The normalized spacial score (nSPS) is 10.2. The first-order chi connectivity index (χ1) is 7.20. The minimum absolute atomic E-state index is 0.0265. The zero-order valence-corrected chi connectivity index (χ0v) is 8.54. The van der Waals surface area contributed by atoms with Gasteiger partial charge in [-0.1, -0.05) is 18.3 Å². The average Bonchev–Trinajstić information content (AvgIpc) is 2.69. The Morgan fingerprint density at radius 2 is 2.20 bits per heavy atom. The number of benzene rings is 1. The maximum atomic E-state index is 13.5. The molecule has 1 heterocycles. The van der Waals surface area contributed by atoms with Gasteiger partial charge in [0.05, 0.1) is 11.3 Å². The molecule has 0 spiro atoms. The lowest BCUT2D eigenvalue weighted by atomic mass is 10.1. The molecule has 15 heavy (non-hydrogen) atoms. The van der Waals surface area contributed by atoms with Crippen molar-refractivity contribution in [3.8, 4) is 5.69 Å². The summed E-state index contributed by atoms with van der Waals surface area (Å²) in [6.45, 7) is 0. The monoisotopic (exact) mass is 221 g/mol. The summed E-state index contributed by atoms with van der Waals surface area (Å²) in [5.41, 5.74) is 6.24. The molecule has 3 nitrogen and oxygen atoms in total. The van der Waals surface area contributed by atoms with Gasteiger partial charge in [0.1, 0.15) is 10.8 Å². The number of rotatable bonds is 2. The highest BCUT2D eigenvalue weighted by Gasteiger charge is 2.12. The van der Waals surface area contributed by atoms with Crippen molar-refractivity contribution < 1.29 is 4.39 Å². The summed E-state index contributed by atoms with van der Waals surface area (Å²) in [4.78, 5) is 0.0265. The van der Waals surface area contributed by atoms with E-state index in [1.165, 1.54) is 10.7 Å². The van der Waals surface area contributed by atoms with E-state index in [2.05, 4.69) is 5.10 Å². The summed E-state index contributed by atoms with van der Waals surface area (Å²) in [5.74, 6) is -0.435. The number of thiocarbonyl (C=S) groups is 1. The quantitative estimate of drug-likeness (QED) is 0.784. The van der Waals surface area contributed by atoms with Crippen LogP contribution in [0.1, 0.15) is 5.56 Å². The number of hydrogen-bond donors (Lipinski definition) is 1. The van der Waals surface area contributed by atoms with Crippen molar-refractivity contribution in [3.63, 3.8) is 0 Å². The van der Waals surface area contributed by atoms with Crippen molar-refractivity contribution in [2.45, 2.75) is 0 Å². The highest BCUT2D eigenvalue weighted by atomic mass is 32.1. The fourth-order valence-electron chi connectivity index (χ4n) is 1.36. The third-order valence-electron chi connectivity index (χ3n) is 1.99. The molecule has 0 saturated carbocycles. The molecule has 2 N–H and O–H groups in total. The van der Waals surface area contributed by atoms with Gasteiger partial charge < -0.3 is 5.73 Å². The molecule has 2 rings (SSSR count). The standard InChI is InChI=1S/C10H8FN3S/c11-7-3-1-4-8(9(7)10(12)15)14-6-2-5-13-14/h1-6H,(H2,12,15). The van der Waals surface area contributed by atoms with Crippen LogP contribution in [0.3, 0.4) is 0 Å². The van der Waals surface area contributed by atoms with E-state index in [1.54, 1.807) is 30.6 Å². The Labute approximate surface area is 91.3 Å². The van der Waals surface area contributed by atoms with E-state index < -0.39 is 5.82 Å². The van der Waals surface area contributed by atoms with Crippen LogP contribution in [0.4, 0.5) is 4.39 Å². The van der Waals surface area contributed by atoms with Crippen molar-refractivity contribution in [1.82, 2.24) is 9.78 Å². The Morgan fingerprint density at radius 3 is 2.80 bits per heavy atom. The van der Waals surface area contributed by atoms with Crippen molar-refractivity contribution in [3.05, 3.63) is 48.0 Å².